The fourth-order valence-electron chi connectivity index (χ4n) is 4.28. The SMILES string of the molecule is CNC(Cc1cc(Br)cs1)C1C2CCc3ccccc3C21. The van der Waals surface area contributed by atoms with Crippen molar-refractivity contribution in [3.05, 3.63) is 56.2 Å². The number of rotatable bonds is 4. The predicted octanol–water partition coefficient (Wildman–Crippen LogP) is 4.62. The highest BCUT2D eigenvalue weighted by molar-refractivity contribution is 9.10. The van der Waals surface area contributed by atoms with Crippen LogP contribution in [0.4, 0.5) is 0 Å². The quantitative estimate of drug-likeness (QED) is 0.837. The smallest absolute Gasteiger partial charge is 0.0285 e. The molecule has 2 aliphatic carbocycles. The largest absolute Gasteiger partial charge is 0.316 e. The van der Waals surface area contributed by atoms with Gasteiger partial charge in [-0.25, -0.2) is 0 Å². The van der Waals surface area contributed by atoms with E-state index in [9.17, 15) is 0 Å². The Balaban J connectivity index is 1.54. The second-order valence-corrected chi connectivity index (χ2v) is 8.25. The average Bonchev–Trinajstić information content (AvgIpc) is 3.11. The van der Waals surface area contributed by atoms with Gasteiger partial charge >= 0.3 is 0 Å². The summed E-state index contributed by atoms with van der Waals surface area (Å²) in [7, 11) is 2.13. The molecule has 1 nitrogen and oxygen atoms in total. The first-order chi connectivity index (χ1) is 10.3. The van der Waals surface area contributed by atoms with E-state index in [1.807, 2.05) is 11.3 Å². The number of thiophene rings is 1. The molecule has 0 spiro atoms. The Kier molecular flexibility index (Phi) is 3.68. The number of halogens is 1. The van der Waals surface area contributed by atoms with Crippen molar-refractivity contribution < 1.29 is 0 Å². The Morgan fingerprint density at radius 2 is 2.24 bits per heavy atom. The van der Waals surface area contributed by atoms with Crippen molar-refractivity contribution >= 4 is 27.3 Å². The summed E-state index contributed by atoms with van der Waals surface area (Å²) in [6, 6.07) is 12.0. The topological polar surface area (TPSA) is 12.0 Å². The molecular weight excluding hydrogens is 342 g/mol. The molecule has 0 radical (unpaired) electrons. The number of hydrogen-bond acceptors (Lipinski definition) is 2. The minimum Gasteiger partial charge on any atom is -0.316 e. The van der Waals surface area contributed by atoms with E-state index < -0.39 is 0 Å². The summed E-state index contributed by atoms with van der Waals surface area (Å²) in [4.78, 5) is 1.48. The summed E-state index contributed by atoms with van der Waals surface area (Å²) in [5, 5.41) is 5.79. The third-order valence-electron chi connectivity index (χ3n) is 5.27. The lowest BCUT2D eigenvalue weighted by atomic mass is 9.92. The van der Waals surface area contributed by atoms with Crippen LogP contribution in [-0.2, 0) is 12.8 Å². The predicted molar refractivity (Wildman–Crippen MR) is 93.1 cm³/mol. The molecule has 1 fully saturated rings. The van der Waals surface area contributed by atoms with Gasteiger partial charge < -0.3 is 5.32 Å². The third kappa shape index (κ3) is 2.49. The van der Waals surface area contributed by atoms with Crippen LogP contribution in [0.1, 0.15) is 28.3 Å². The highest BCUT2D eigenvalue weighted by Gasteiger charge is 2.55. The van der Waals surface area contributed by atoms with Gasteiger partial charge in [0.25, 0.3) is 0 Å². The maximum atomic E-state index is 3.60. The maximum absolute atomic E-state index is 3.60. The molecule has 2 aromatic rings. The van der Waals surface area contributed by atoms with E-state index in [2.05, 4.69) is 64.0 Å². The molecule has 4 atom stereocenters. The molecule has 0 aliphatic heterocycles. The highest BCUT2D eigenvalue weighted by atomic mass is 79.9. The third-order valence-corrected chi connectivity index (χ3v) is 6.99. The van der Waals surface area contributed by atoms with Crippen LogP contribution in [0, 0.1) is 11.8 Å². The number of aryl methyl sites for hydroxylation is 1. The normalized spacial score (nSPS) is 27.8. The van der Waals surface area contributed by atoms with E-state index >= 15 is 0 Å². The zero-order chi connectivity index (χ0) is 14.4. The van der Waals surface area contributed by atoms with Crippen molar-refractivity contribution in [2.24, 2.45) is 11.8 Å². The molecule has 4 unspecified atom stereocenters. The Labute approximate surface area is 138 Å². The highest BCUT2D eigenvalue weighted by Crippen LogP contribution is 2.61. The molecule has 1 aromatic carbocycles. The molecule has 1 aromatic heterocycles. The van der Waals surface area contributed by atoms with Crippen molar-refractivity contribution in [3.63, 3.8) is 0 Å². The second-order valence-electron chi connectivity index (χ2n) is 6.34. The molecule has 4 rings (SSSR count). The van der Waals surface area contributed by atoms with Crippen LogP contribution >= 0.6 is 27.3 Å². The molecule has 110 valence electrons. The summed E-state index contributed by atoms with van der Waals surface area (Å²) >= 11 is 5.44. The minimum atomic E-state index is 0.608. The molecule has 2 aliphatic rings. The van der Waals surface area contributed by atoms with Gasteiger partial charge in [-0.2, -0.15) is 0 Å². The lowest BCUT2D eigenvalue weighted by Gasteiger charge is -2.16. The first-order valence-electron chi connectivity index (χ1n) is 7.76. The molecule has 1 N–H and O–H groups in total. The van der Waals surface area contributed by atoms with Crippen molar-refractivity contribution in [2.45, 2.75) is 31.2 Å². The molecule has 0 saturated heterocycles. The monoisotopic (exact) mass is 361 g/mol. The van der Waals surface area contributed by atoms with Gasteiger partial charge in [0.05, 0.1) is 0 Å². The molecule has 1 saturated carbocycles. The van der Waals surface area contributed by atoms with Gasteiger partial charge in [-0.15, -0.1) is 11.3 Å². The van der Waals surface area contributed by atoms with Gasteiger partial charge in [0.1, 0.15) is 0 Å². The van der Waals surface area contributed by atoms with Gasteiger partial charge in [0, 0.05) is 20.8 Å². The minimum absolute atomic E-state index is 0.608. The zero-order valence-corrected chi connectivity index (χ0v) is 14.6. The van der Waals surface area contributed by atoms with Crippen molar-refractivity contribution in [3.8, 4) is 0 Å². The summed E-state index contributed by atoms with van der Waals surface area (Å²) in [6.45, 7) is 0. The van der Waals surface area contributed by atoms with Gasteiger partial charge in [-0.3, -0.25) is 0 Å². The summed E-state index contributed by atoms with van der Waals surface area (Å²) in [6.07, 6.45) is 3.81. The summed E-state index contributed by atoms with van der Waals surface area (Å²) in [5.41, 5.74) is 3.22. The van der Waals surface area contributed by atoms with Crippen LogP contribution in [0.2, 0.25) is 0 Å². The van der Waals surface area contributed by atoms with Crippen LogP contribution in [0.5, 0.6) is 0 Å². The van der Waals surface area contributed by atoms with E-state index in [1.165, 1.54) is 22.2 Å². The van der Waals surface area contributed by atoms with Crippen molar-refractivity contribution in [1.82, 2.24) is 5.32 Å². The second kappa shape index (κ2) is 5.53. The van der Waals surface area contributed by atoms with E-state index in [-0.39, 0.29) is 0 Å². The molecule has 1 heterocycles. The van der Waals surface area contributed by atoms with Crippen LogP contribution in [0.3, 0.4) is 0 Å². The lowest BCUT2D eigenvalue weighted by molar-refractivity contribution is 0.466. The zero-order valence-electron chi connectivity index (χ0n) is 12.2. The number of fused-ring (bicyclic) bond motifs is 3. The van der Waals surface area contributed by atoms with Gasteiger partial charge in [0.2, 0.25) is 0 Å². The van der Waals surface area contributed by atoms with Crippen LogP contribution < -0.4 is 5.32 Å². The molecule has 0 bridgehead atoms. The standard InChI is InChI=1S/C18H20BrNS/c1-20-16(9-13-8-12(19)10-21-13)18-15-7-6-11-4-2-3-5-14(11)17(15)18/h2-5,8,10,15-18,20H,6-7,9H2,1H3. The number of hydrogen-bond donors (Lipinski definition) is 1. The van der Waals surface area contributed by atoms with Crippen LogP contribution in [0.25, 0.3) is 0 Å². The van der Waals surface area contributed by atoms with Gasteiger partial charge in [0.15, 0.2) is 0 Å². The Hall–Kier alpha value is -0.640. The van der Waals surface area contributed by atoms with Gasteiger partial charge in [-0.1, -0.05) is 24.3 Å². The summed E-state index contributed by atoms with van der Waals surface area (Å²) < 4.78 is 1.22. The van der Waals surface area contributed by atoms with Crippen LogP contribution in [0.15, 0.2) is 40.2 Å². The maximum Gasteiger partial charge on any atom is 0.0285 e. The lowest BCUT2D eigenvalue weighted by Crippen LogP contribution is -2.30. The Morgan fingerprint density at radius 3 is 3.00 bits per heavy atom. The molecular formula is C18H20BrNS. The average molecular weight is 362 g/mol. The molecule has 21 heavy (non-hydrogen) atoms. The Bertz CT molecular complexity index is 650. The van der Waals surface area contributed by atoms with Gasteiger partial charge in [-0.05, 0) is 77.2 Å². The van der Waals surface area contributed by atoms with E-state index in [1.54, 1.807) is 11.1 Å². The van der Waals surface area contributed by atoms with Crippen molar-refractivity contribution in [2.75, 3.05) is 7.05 Å². The fraction of sp³-hybridized carbons (Fsp3) is 0.444. The first kappa shape index (κ1) is 14.0. The molecule has 3 heteroatoms. The van der Waals surface area contributed by atoms with E-state index in [4.69, 9.17) is 0 Å². The van der Waals surface area contributed by atoms with E-state index in [0.29, 0.717) is 6.04 Å². The fourth-order valence-corrected chi connectivity index (χ4v) is 5.79. The summed E-state index contributed by atoms with van der Waals surface area (Å²) in [5.74, 6) is 2.52. The van der Waals surface area contributed by atoms with E-state index in [0.717, 1.165) is 24.2 Å². The number of benzene rings is 1. The number of nitrogens with one attached hydrogen (secondary N) is 1. The number of likely N-dealkylation sites (N-methyl/N-ethyl adjacent to an activating group) is 1. The first-order valence-corrected chi connectivity index (χ1v) is 9.43. The van der Waals surface area contributed by atoms with Crippen molar-refractivity contribution in [1.29, 1.82) is 0 Å². The Morgan fingerprint density at radius 1 is 1.38 bits per heavy atom. The van der Waals surface area contributed by atoms with Crippen LogP contribution in [-0.4, -0.2) is 13.1 Å². The molecule has 0 amide bonds.